The van der Waals surface area contributed by atoms with Gasteiger partial charge in [0.15, 0.2) is 0 Å². The van der Waals surface area contributed by atoms with Crippen molar-refractivity contribution in [1.29, 1.82) is 0 Å². The van der Waals surface area contributed by atoms with Crippen LogP contribution < -0.4 is 11.3 Å². The Morgan fingerprint density at radius 1 is 1.42 bits per heavy atom. The summed E-state index contributed by atoms with van der Waals surface area (Å²) in [4.78, 5) is 11.2. The van der Waals surface area contributed by atoms with Gasteiger partial charge < -0.3 is 0 Å². The van der Waals surface area contributed by atoms with Gasteiger partial charge in [0.05, 0.1) is 0 Å². The lowest BCUT2D eigenvalue weighted by molar-refractivity contribution is 0.623. The smallest absolute Gasteiger partial charge is 0.239 e. The van der Waals surface area contributed by atoms with E-state index in [0.29, 0.717) is 5.95 Å². The van der Waals surface area contributed by atoms with Gasteiger partial charge in [-0.05, 0) is 31.7 Å². The maximum Gasteiger partial charge on any atom is 0.239 e. The lowest BCUT2D eigenvalue weighted by Gasteiger charge is -2.09. The van der Waals surface area contributed by atoms with E-state index in [0.717, 1.165) is 21.5 Å². The van der Waals surface area contributed by atoms with Crippen LogP contribution in [-0.4, -0.2) is 15.7 Å². The third kappa shape index (κ3) is 2.85. The fourth-order valence-electron chi connectivity index (χ4n) is 2.56. The molecule has 6 heteroatoms. The normalized spacial score (nSPS) is 16.3. The number of aryl methyl sites for hydroxylation is 1. The minimum atomic E-state index is 0.517. The second-order valence-corrected chi connectivity index (χ2v) is 7.28. The van der Waals surface area contributed by atoms with Gasteiger partial charge in [-0.25, -0.2) is 15.8 Å². The Labute approximate surface area is 121 Å². The molecule has 0 radical (unpaired) electrons. The molecule has 1 aliphatic carbocycles. The Hall–Kier alpha value is -0.850. The molecule has 0 aliphatic heterocycles. The SMILES string of the molecule is Cc1cc2c(SCC3CCCC3)nc(NN)nc2s1. The van der Waals surface area contributed by atoms with Gasteiger partial charge >= 0.3 is 0 Å². The average molecular weight is 294 g/mol. The summed E-state index contributed by atoms with van der Waals surface area (Å²) < 4.78 is 0. The average Bonchev–Trinajstić information content (AvgIpc) is 3.03. The van der Waals surface area contributed by atoms with Crippen LogP contribution in [0.15, 0.2) is 11.1 Å². The molecule has 1 fully saturated rings. The number of hydrogen-bond donors (Lipinski definition) is 2. The number of hydrazine groups is 1. The number of nitrogens with one attached hydrogen (secondary N) is 1. The predicted octanol–water partition coefficient (Wildman–Crippen LogP) is 3.57. The van der Waals surface area contributed by atoms with E-state index in [-0.39, 0.29) is 0 Å². The van der Waals surface area contributed by atoms with E-state index in [2.05, 4.69) is 28.4 Å². The molecule has 3 rings (SSSR count). The Morgan fingerprint density at radius 3 is 2.95 bits per heavy atom. The van der Waals surface area contributed by atoms with E-state index in [4.69, 9.17) is 5.84 Å². The highest BCUT2D eigenvalue weighted by molar-refractivity contribution is 7.99. The highest BCUT2D eigenvalue weighted by atomic mass is 32.2. The van der Waals surface area contributed by atoms with E-state index < -0.39 is 0 Å². The maximum absolute atomic E-state index is 5.46. The number of rotatable bonds is 4. The van der Waals surface area contributed by atoms with Crippen molar-refractivity contribution in [3.8, 4) is 0 Å². The molecule has 0 aromatic carbocycles. The van der Waals surface area contributed by atoms with Gasteiger partial charge in [-0.2, -0.15) is 0 Å². The number of nitrogens with two attached hydrogens (primary N) is 1. The van der Waals surface area contributed by atoms with Crippen molar-refractivity contribution in [3.05, 3.63) is 10.9 Å². The number of nitrogen functional groups attached to an aromatic ring is 1. The molecule has 0 atom stereocenters. The van der Waals surface area contributed by atoms with Crippen LogP contribution in [0.2, 0.25) is 0 Å². The monoisotopic (exact) mass is 294 g/mol. The number of anilines is 1. The maximum atomic E-state index is 5.46. The number of aromatic nitrogens is 2. The van der Waals surface area contributed by atoms with Gasteiger partial charge in [0.2, 0.25) is 5.95 Å². The zero-order valence-electron chi connectivity index (χ0n) is 11.0. The van der Waals surface area contributed by atoms with Crippen LogP contribution in [-0.2, 0) is 0 Å². The summed E-state index contributed by atoms with van der Waals surface area (Å²) >= 11 is 3.54. The first-order valence-corrected chi connectivity index (χ1v) is 8.44. The van der Waals surface area contributed by atoms with Crippen LogP contribution in [0.25, 0.3) is 10.2 Å². The second-order valence-electron chi connectivity index (χ2n) is 5.03. The number of thioether (sulfide) groups is 1. The lowest BCUT2D eigenvalue weighted by Crippen LogP contribution is -2.10. The van der Waals surface area contributed by atoms with E-state index in [9.17, 15) is 0 Å². The quantitative estimate of drug-likeness (QED) is 0.390. The molecular weight excluding hydrogens is 276 g/mol. The zero-order valence-corrected chi connectivity index (χ0v) is 12.6. The molecule has 4 nitrogen and oxygen atoms in total. The van der Waals surface area contributed by atoms with Crippen LogP contribution in [0.4, 0.5) is 5.95 Å². The van der Waals surface area contributed by atoms with E-state index in [1.165, 1.54) is 35.9 Å². The largest absolute Gasteiger partial charge is 0.292 e. The minimum Gasteiger partial charge on any atom is -0.292 e. The second kappa shape index (κ2) is 5.64. The molecule has 19 heavy (non-hydrogen) atoms. The standard InChI is InChI=1S/C13H18N4S2/c1-8-6-10-11(18-7-9-4-2-3-5-9)15-13(17-14)16-12(10)19-8/h6,9H,2-5,7,14H2,1H3,(H,15,16,17). The van der Waals surface area contributed by atoms with Crippen molar-refractivity contribution >= 4 is 39.3 Å². The van der Waals surface area contributed by atoms with Gasteiger partial charge in [0.1, 0.15) is 9.86 Å². The molecule has 2 aromatic rings. The predicted molar refractivity (Wildman–Crippen MR) is 82.6 cm³/mol. The van der Waals surface area contributed by atoms with Crippen molar-refractivity contribution < 1.29 is 0 Å². The van der Waals surface area contributed by atoms with E-state index in [1.54, 1.807) is 11.3 Å². The van der Waals surface area contributed by atoms with Crippen LogP contribution in [0.5, 0.6) is 0 Å². The molecule has 2 aromatic heterocycles. The molecule has 102 valence electrons. The highest BCUT2D eigenvalue weighted by Crippen LogP contribution is 2.35. The first kappa shape index (κ1) is 13.1. The number of thiophene rings is 1. The Bertz CT molecular complexity index is 575. The van der Waals surface area contributed by atoms with Gasteiger partial charge in [0, 0.05) is 16.0 Å². The zero-order chi connectivity index (χ0) is 13.2. The van der Waals surface area contributed by atoms with Crippen molar-refractivity contribution in [2.75, 3.05) is 11.2 Å². The molecule has 2 heterocycles. The van der Waals surface area contributed by atoms with Crippen LogP contribution in [0, 0.1) is 12.8 Å². The van der Waals surface area contributed by atoms with Crippen molar-refractivity contribution in [1.82, 2.24) is 9.97 Å². The number of hydrogen-bond acceptors (Lipinski definition) is 6. The van der Waals surface area contributed by atoms with Crippen molar-refractivity contribution in [2.24, 2.45) is 11.8 Å². The lowest BCUT2D eigenvalue weighted by atomic mass is 10.1. The van der Waals surface area contributed by atoms with E-state index in [1.807, 2.05) is 11.8 Å². The van der Waals surface area contributed by atoms with Gasteiger partial charge in [-0.1, -0.05) is 12.8 Å². The molecule has 0 unspecified atom stereocenters. The van der Waals surface area contributed by atoms with Gasteiger partial charge in [-0.15, -0.1) is 23.1 Å². The fraction of sp³-hybridized carbons (Fsp3) is 0.538. The highest BCUT2D eigenvalue weighted by Gasteiger charge is 2.17. The Balaban J connectivity index is 1.86. The van der Waals surface area contributed by atoms with Crippen LogP contribution >= 0.6 is 23.1 Å². The molecule has 0 bridgehead atoms. The summed E-state index contributed by atoms with van der Waals surface area (Å²) in [5, 5.41) is 2.23. The summed E-state index contributed by atoms with van der Waals surface area (Å²) in [7, 11) is 0. The molecule has 1 saturated carbocycles. The van der Waals surface area contributed by atoms with Crippen molar-refractivity contribution in [2.45, 2.75) is 37.6 Å². The van der Waals surface area contributed by atoms with E-state index >= 15 is 0 Å². The molecular formula is C13H18N4S2. The topological polar surface area (TPSA) is 63.8 Å². The molecule has 3 N–H and O–H groups in total. The summed E-state index contributed by atoms with van der Waals surface area (Å²) in [6.45, 7) is 2.10. The van der Waals surface area contributed by atoms with Gasteiger partial charge in [-0.3, -0.25) is 5.43 Å². The molecule has 0 spiro atoms. The third-order valence-electron chi connectivity index (χ3n) is 3.54. The Morgan fingerprint density at radius 2 is 2.21 bits per heavy atom. The molecule has 0 amide bonds. The fourth-order valence-corrected chi connectivity index (χ4v) is 4.70. The summed E-state index contributed by atoms with van der Waals surface area (Å²) in [5.74, 6) is 7.98. The summed E-state index contributed by atoms with van der Waals surface area (Å²) in [6.07, 6.45) is 5.51. The first-order valence-electron chi connectivity index (χ1n) is 6.64. The van der Waals surface area contributed by atoms with Crippen LogP contribution in [0.3, 0.4) is 0 Å². The molecule has 0 saturated heterocycles. The number of fused-ring (bicyclic) bond motifs is 1. The van der Waals surface area contributed by atoms with Gasteiger partial charge in [0.25, 0.3) is 0 Å². The Kier molecular flexibility index (Phi) is 3.91. The first-order chi connectivity index (χ1) is 9.26. The minimum absolute atomic E-state index is 0.517. The van der Waals surface area contributed by atoms with Crippen LogP contribution in [0.1, 0.15) is 30.6 Å². The number of nitrogens with zero attached hydrogens (tertiary/aromatic N) is 2. The molecule has 1 aliphatic rings. The summed E-state index contributed by atoms with van der Waals surface area (Å²) in [5.41, 5.74) is 2.57. The third-order valence-corrected chi connectivity index (χ3v) is 5.71. The van der Waals surface area contributed by atoms with Crippen molar-refractivity contribution in [3.63, 3.8) is 0 Å². The summed E-state index contributed by atoms with van der Waals surface area (Å²) in [6, 6.07) is 2.18.